The highest BCUT2D eigenvalue weighted by atomic mass is 31.1. The van der Waals surface area contributed by atoms with Gasteiger partial charge in [0.25, 0.3) is 0 Å². The predicted molar refractivity (Wildman–Crippen MR) is 89.9 cm³/mol. The van der Waals surface area contributed by atoms with Gasteiger partial charge in [-0.3, -0.25) is 0 Å². The van der Waals surface area contributed by atoms with Gasteiger partial charge in [0, 0.05) is 5.30 Å². The first kappa shape index (κ1) is 25.3. The van der Waals surface area contributed by atoms with Crippen molar-refractivity contribution in [1.29, 1.82) is 0 Å². The second-order valence-corrected chi connectivity index (χ2v) is 7.82. The molecular formula is C18H11F12P. The van der Waals surface area contributed by atoms with Crippen LogP contribution >= 0.6 is 8.58 Å². The van der Waals surface area contributed by atoms with E-state index in [0.29, 0.717) is 6.07 Å². The summed E-state index contributed by atoms with van der Waals surface area (Å²) in [6, 6.07) is 0.644. The third-order valence-corrected chi connectivity index (χ3v) is 5.81. The Balaban J connectivity index is 2.93. The first-order valence-electron chi connectivity index (χ1n) is 8.08. The van der Waals surface area contributed by atoms with E-state index < -0.39 is 78.3 Å². The van der Waals surface area contributed by atoms with Crippen LogP contribution in [-0.2, 0) is 24.7 Å². The van der Waals surface area contributed by atoms with E-state index in [-0.39, 0.29) is 11.1 Å². The summed E-state index contributed by atoms with van der Waals surface area (Å²) in [6.45, 7) is 2.31. The summed E-state index contributed by atoms with van der Waals surface area (Å²) < 4.78 is 160. The summed E-state index contributed by atoms with van der Waals surface area (Å²) in [5.41, 5.74) is -8.44. The van der Waals surface area contributed by atoms with Gasteiger partial charge in [0.15, 0.2) is 0 Å². The summed E-state index contributed by atoms with van der Waals surface area (Å²) in [6.07, 6.45) is -22.0. The number of benzene rings is 2. The fourth-order valence-corrected chi connectivity index (χ4v) is 4.43. The summed E-state index contributed by atoms with van der Waals surface area (Å²) in [7, 11) is -1.86. The van der Waals surface area contributed by atoms with Gasteiger partial charge in [-0.15, -0.1) is 0 Å². The van der Waals surface area contributed by atoms with E-state index in [0.717, 1.165) is 13.0 Å². The van der Waals surface area contributed by atoms with E-state index in [1.165, 1.54) is 6.92 Å². The Morgan fingerprint density at radius 1 is 0.516 bits per heavy atom. The molecule has 1 atom stereocenters. The van der Waals surface area contributed by atoms with Crippen molar-refractivity contribution < 1.29 is 52.7 Å². The SMILES string of the molecule is Cc1cc(C)c(Pc2c(C(F)(F)F)cc(C(F)(F)F)cc2C(F)(F)F)c(C(F)(F)F)c1. The molecular weight excluding hydrogens is 475 g/mol. The lowest BCUT2D eigenvalue weighted by Gasteiger charge is -2.23. The molecule has 0 aliphatic rings. The maximum atomic E-state index is 13.4. The second-order valence-electron chi connectivity index (χ2n) is 6.57. The van der Waals surface area contributed by atoms with E-state index in [9.17, 15) is 52.7 Å². The quantitative estimate of drug-likeness (QED) is 0.317. The van der Waals surface area contributed by atoms with Gasteiger partial charge in [0.2, 0.25) is 0 Å². The van der Waals surface area contributed by atoms with Crippen molar-refractivity contribution in [3.05, 3.63) is 57.6 Å². The molecule has 13 heteroatoms. The maximum absolute atomic E-state index is 13.4. The minimum absolute atomic E-state index is 0.0536. The molecule has 0 aliphatic carbocycles. The van der Waals surface area contributed by atoms with Crippen molar-refractivity contribution in [1.82, 2.24) is 0 Å². The van der Waals surface area contributed by atoms with Crippen LogP contribution in [-0.4, -0.2) is 0 Å². The highest BCUT2D eigenvalue weighted by Crippen LogP contribution is 2.43. The maximum Gasteiger partial charge on any atom is 0.417 e. The van der Waals surface area contributed by atoms with Crippen LogP contribution in [0.5, 0.6) is 0 Å². The third-order valence-electron chi connectivity index (χ3n) is 4.11. The van der Waals surface area contributed by atoms with Crippen LogP contribution in [0.1, 0.15) is 33.4 Å². The monoisotopic (exact) mass is 486 g/mol. The predicted octanol–water partition coefficient (Wildman–Crippen LogP) is 7.01. The Bertz CT molecular complexity index is 942. The fourth-order valence-electron chi connectivity index (χ4n) is 2.87. The minimum Gasteiger partial charge on any atom is -0.166 e. The normalized spacial score (nSPS) is 14.0. The Hall–Kier alpha value is -1.97. The van der Waals surface area contributed by atoms with E-state index in [1.54, 1.807) is 0 Å². The molecule has 0 N–H and O–H groups in total. The number of alkyl halides is 12. The van der Waals surface area contributed by atoms with Crippen molar-refractivity contribution >= 4 is 19.2 Å². The first-order chi connectivity index (χ1) is 13.7. The summed E-state index contributed by atoms with van der Waals surface area (Å²) >= 11 is 0. The summed E-state index contributed by atoms with van der Waals surface area (Å²) in [5.74, 6) is 0. The van der Waals surface area contributed by atoms with Crippen molar-refractivity contribution in [2.24, 2.45) is 0 Å². The number of hydrogen-bond donors (Lipinski definition) is 0. The molecule has 31 heavy (non-hydrogen) atoms. The van der Waals surface area contributed by atoms with Gasteiger partial charge in [-0.05, 0) is 42.9 Å². The first-order valence-corrected chi connectivity index (χ1v) is 9.08. The number of rotatable bonds is 2. The Kier molecular flexibility index (Phi) is 6.42. The van der Waals surface area contributed by atoms with Crippen molar-refractivity contribution in [3.8, 4) is 0 Å². The van der Waals surface area contributed by atoms with Gasteiger partial charge in [-0.25, -0.2) is 0 Å². The molecule has 0 aliphatic heterocycles. The van der Waals surface area contributed by atoms with Gasteiger partial charge < -0.3 is 0 Å². The number of aryl methyl sites for hydroxylation is 2. The lowest BCUT2D eigenvalue weighted by atomic mass is 10.0. The lowest BCUT2D eigenvalue weighted by molar-refractivity contribution is -0.147. The molecule has 0 heterocycles. The van der Waals surface area contributed by atoms with Crippen LogP contribution in [0.2, 0.25) is 0 Å². The molecule has 2 rings (SSSR count). The highest BCUT2D eigenvalue weighted by Gasteiger charge is 2.45. The Labute approximate surface area is 169 Å². The van der Waals surface area contributed by atoms with Gasteiger partial charge >= 0.3 is 24.7 Å². The Morgan fingerprint density at radius 2 is 0.903 bits per heavy atom. The smallest absolute Gasteiger partial charge is 0.166 e. The largest absolute Gasteiger partial charge is 0.417 e. The minimum atomic E-state index is -5.68. The molecule has 0 saturated heterocycles. The van der Waals surface area contributed by atoms with Crippen LogP contribution in [0.25, 0.3) is 0 Å². The van der Waals surface area contributed by atoms with Gasteiger partial charge in [0.1, 0.15) is 0 Å². The zero-order valence-corrected chi connectivity index (χ0v) is 16.3. The highest BCUT2D eigenvalue weighted by molar-refractivity contribution is 7.56. The molecule has 172 valence electrons. The molecule has 0 spiro atoms. The lowest BCUT2D eigenvalue weighted by Crippen LogP contribution is -2.30. The van der Waals surface area contributed by atoms with Gasteiger partial charge in [-0.1, -0.05) is 20.2 Å². The average Bonchev–Trinajstić information content (AvgIpc) is 2.52. The number of hydrogen-bond acceptors (Lipinski definition) is 0. The molecule has 0 bridgehead atoms. The van der Waals surface area contributed by atoms with Gasteiger partial charge in [0.05, 0.1) is 22.3 Å². The Morgan fingerprint density at radius 3 is 1.26 bits per heavy atom. The molecule has 2 aromatic carbocycles. The molecule has 0 nitrogen and oxygen atoms in total. The van der Waals surface area contributed by atoms with Crippen molar-refractivity contribution in [3.63, 3.8) is 0 Å². The van der Waals surface area contributed by atoms with E-state index >= 15 is 0 Å². The van der Waals surface area contributed by atoms with E-state index in [1.807, 2.05) is 0 Å². The van der Waals surface area contributed by atoms with E-state index in [4.69, 9.17) is 0 Å². The fraction of sp³-hybridized carbons (Fsp3) is 0.333. The molecule has 1 unspecified atom stereocenters. The summed E-state index contributed by atoms with van der Waals surface area (Å²) in [4.78, 5) is 0. The van der Waals surface area contributed by atoms with Crippen LogP contribution in [0.15, 0.2) is 24.3 Å². The number of halogens is 12. The summed E-state index contributed by atoms with van der Waals surface area (Å²) in [5, 5.41) is -2.56. The van der Waals surface area contributed by atoms with Gasteiger partial charge in [-0.2, -0.15) is 52.7 Å². The standard InChI is InChI=1S/C18H11F12P/c1-7-3-8(2)13(10(4-7)16(22,23)24)31-14-11(17(25,26)27)5-9(15(19,20)21)6-12(14)18(28,29)30/h3-6,31H,1-2H3. The molecule has 0 saturated carbocycles. The van der Waals surface area contributed by atoms with Crippen molar-refractivity contribution in [2.75, 3.05) is 0 Å². The average molecular weight is 486 g/mol. The van der Waals surface area contributed by atoms with Crippen LogP contribution < -0.4 is 10.6 Å². The molecule has 0 radical (unpaired) electrons. The zero-order chi connectivity index (χ0) is 24.2. The van der Waals surface area contributed by atoms with E-state index in [2.05, 4.69) is 0 Å². The van der Waals surface area contributed by atoms with Crippen molar-refractivity contribution in [2.45, 2.75) is 38.6 Å². The molecule has 0 aromatic heterocycles. The molecule has 2 aromatic rings. The zero-order valence-electron chi connectivity index (χ0n) is 15.3. The topological polar surface area (TPSA) is 0 Å². The molecule has 0 amide bonds. The van der Waals surface area contributed by atoms with Crippen LogP contribution in [0.4, 0.5) is 52.7 Å². The third kappa shape index (κ3) is 5.64. The van der Waals surface area contributed by atoms with Crippen LogP contribution in [0, 0.1) is 13.8 Å². The molecule has 0 fully saturated rings. The van der Waals surface area contributed by atoms with Crippen LogP contribution in [0.3, 0.4) is 0 Å². The second kappa shape index (κ2) is 7.86.